The molecule has 0 aliphatic carbocycles. The Morgan fingerprint density at radius 1 is 1.62 bits per heavy atom. The van der Waals surface area contributed by atoms with E-state index in [-0.39, 0.29) is 5.66 Å². The fraction of sp³-hybridized carbons (Fsp3) is 1.00. The van der Waals surface area contributed by atoms with E-state index in [0.717, 1.165) is 0 Å². The maximum atomic E-state index is 10.7. The molecule has 0 amide bonds. The highest BCUT2D eigenvalue weighted by Crippen LogP contribution is 2.27. The van der Waals surface area contributed by atoms with Crippen LogP contribution in [0.1, 0.15) is 20.8 Å². The molecule has 0 saturated heterocycles. The van der Waals surface area contributed by atoms with E-state index in [1.54, 1.807) is 0 Å². The molecule has 0 rings (SSSR count). The van der Waals surface area contributed by atoms with Gasteiger partial charge in [0, 0.05) is 5.66 Å². The van der Waals surface area contributed by atoms with Crippen molar-refractivity contribution in [2.24, 2.45) is 0 Å². The van der Waals surface area contributed by atoms with E-state index >= 15 is 0 Å². The van der Waals surface area contributed by atoms with Crippen LogP contribution in [0.4, 0.5) is 0 Å². The average molecular weight is 136 g/mol. The minimum atomic E-state index is -1.71. The van der Waals surface area contributed by atoms with Crippen molar-refractivity contribution in [3.8, 4) is 0 Å². The molecule has 0 N–H and O–H groups in total. The fourth-order valence-electron chi connectivity index (χ4n) is 0.309. The van der Waals surface area contributed by atoms with Crippen molar-refractivity contribution >= 4 is 8.03 Å². The molecule has 0 aromatic heterocycles. The predicted octanol–water partition coefficient (Wildman–Crippen LogP) is 1.91. The van der Waals surface area contributed by atoms with Gasteiger partial charge in [-0.3, -0.25) is 4.57 Å². The zero-order valence-corrected chi connectivity index (χ0v) is 6.60. The van der Waals surface area contributed by atoms with Gasteiger partial charge in [-0.1, -0.05) is 13.8 Å². The van der Waals surface area contributed by atoms with Crippen LogP contribution in [-0.4, -0.2) is 12.3 Å². The molecule has 0 aliphatic heterocycles. The summed E-state index contributed by atoms with van der Waals surface area (Å²) in [4.78, 5) is 0. The molecule has 0 bridgehead atoms. The topological polar surface area (TPSA) is 26.3 Å². The third-order valence-electron chi connectivity index (χ3n) is 0.758. The summed E-state index contributed by atoms with van der Waals surface area (Å²) in [5, 5.41) is 0. The largest absolute Gasteiger partial charge is 0.331 e. The van der Waals surface area contributed by atoms with Gasteiger partial charge in [0.25, 0.3) is 0 Å². The lowest BCUT2D eigenvalue weighted by Gasteiger charge is -2.02. The van der Waals surface area contributed by atoms with E-state index < -0.39 is 8.03 Å². The van der Waals surface area contributed by atoms with Crippen LogP contribution in [-0.2, 0) is 9.09 Å². The van der Waals surface area contributed by atoms with Gasteiger partial charge in [0.05, 0.1) is 6.61 Å². The minimum absolute atomic E-state index is 0.194. The highest BCUT2D eigenvalue weighted by atomic mass is 31.1. The van der Waals surface area contributed by atoms with Crippen molar-refractivity contribution in [3.63, 3.8) is 0 Å². The predicted molar refractivity (Wildman–Crippen MR) is 35.8 cm³/mol. The second kappa shape index (κ2) is 4.11. The maximum absolute atomic E-state index is 10.7. The molecule has 3 heteroatoms. The van der Waals surface area contributed by atoms with Gasteiger partial charge in [0.1, 0.15) is 0 Å². The van der Waals surface area contributed by atoms with Crippen molar-refractivity contribution < 1.29 is 9.09 Å². The summed E-state index contributed by atoms with van der Waals surface area (Å²) in [6.07, 6.45) is 0. The van der Waals surface area contributed by atoms with Crippen LogP contribution in [0.3, 0.4) is 0 Å². The molecule has 0 fully saturated rings. The normalized spacial score (nSPS) is 14.5. The summed E-state index contributed by atoms with van der Waals surface area (Å²) in [7, 11) is -1.71. The highest BCUT2D eigenvalue weighted by Gasteiger charge is 2.01. The van der Waals surface area contributed by atoms with Gasteiger partial charge >= 0.3 is 0 Å². The second-order valence-electron chi connectivity index (χ2n) is 1.91. The summed E-state index contributed by atoms with van der Waals surface area (Å²) in [6.45, 7) is 6.22. The number of hydrogen-bond acceptors (Lipinski definition) is 2. The standard InChI is InChI=1S/C5H13O2P/c1-4-7-8(6)5(2)3/h5,8H,4H2,1-3H3. The van der Waals surface area contributed by atoms with Gasteiger partial charge in [-0.05, 0) is 6.92 Å². The minimum Gasteiger partial charge on any atom is -0.331 e. The van der Waals surface area contributed by atoms with Gasteiger partial charge in [-0.25, -0.2) is 0 Å². The van der Waals surface area contributed by atoms with Crippen molar-refractivity contribution in [1.82, 2.24) is 0 Å². The Balaban J connectivity index is 3.33. The van der Waals surface area contributed by atoms with Crippen LogP contribution < -0.4 is 0 Å². The van der Waals surface area contributed by atoms with Crippen LogP contribution in [0.15, 0.2) is 0 Å². The zero-order valence-electron chi connectivity index (χ0n) is 5.60. The molecule has 2 nitrogen and oxygen atoms in total. The molecule has 0 aromatic carbocycles. The van der Waals surface area contributed by atoms with E-state index in [4.69, 9.17) is 4.52 Å². The molecular weight excluding hydrogens is 123 g/mol. The summed E-state index contributed by atoms with van der Waals surface area (Å²) in [6, 6.07) is 0. The number of hydrogen-bond donors (Lipinski definition) is 0. The van der Waals surface area contributed by atoms with E-state index in [9.17, 15) is 4.57 Å². The van der Waals surface area contributed by atoms with Crippen LogP contribution in [0.2, 0.25) is 0 Å². The Hall–Kier alpha value is 0.190. The smallest absolute Gasteiger partial charge is 0.194 e. The Kier molecular flexibility index (Phi) is 4.20. The molecule has 1 atom stereocenters. The van der Waals surface area contributed by atoms with Crippen molar-refractivity contribution in [2.45, 2.75) is 26.4 Å². The molecule has 0 saturated carbocycles. The number of rotatable bonds is 3. The summed E-state index contributed by atoms with van der Waals surface area (Å²) < 4.78 is 15.6. The lowest BCUT2D eigenvalue weighted by Crippen LogP contribution is -1.88. The molecule has 1 unspecified atom stereocenters. The van der Waals surface area contributed by atoms with Gasteiger partial charge in [0.2, 0.25) is 0 Å². The average Bonchev–Trinajstić information content (AvgIpc) is 1.67. The van der Waals surface area contributed by atoms with Crippen LogP contribution in [0, 0.1) is 0 Å². The Bertz CT molecular complexity index is 80.5. The third-order valence-corrected chi connectivity index (χ3v) is 2.27. The van der Waals surface area contributed by atoms with E-state index in [1.165, 1.54) is 0 Å². The van der Waals surface area contributed by atoms with Crippen LogP contribution >= 0.6 is 8.03 Å². The van der Waals surface area contributed by atoms with Gasteiger partial charge in [-0.2, -0.15) is 0 Å². The summed E-state index contributed by atoms with van der Waals surface area (Å²) >= 11 is 0. The van der Waals surface area contributed by atoms with Gasteiger partial charge in [-0.15, -0.1) is 0 Å². The summed E-state index contributed by atoms with van der Waals surface area (Å²) in [5.74, 6) is 0. The molecular formula is C5H13O2P. The first kappa shape index (κ1) is 8.19. The lowest BCUT2D eigenvalue weighted by molar-refractivity contribution is 0.346. The molecule has 50 valence electrons. The van der Waals surface area contributed by atoms with E-state index in [0.29, 0.717) is 6.61 Å². The van der Waals surface area contributed by atoms with Crippen molar-refractivity contribution in [3.05, 3.63) is 0 Å². The third kappa shape index (κ3) is 3.23. The Morgan fingerprint density at radius 3 is 2.25 bits per heavy atom. The van der Waals surface area contributed by atoms with Gasteiger partial charge < -0.3 is 4.52 Å². The second-order valence-corrected chi connectivity index (χ2v) is 3.99. The molecule has 0 aliphatic rings. The fourth-order valence-corrected chi connectivity index (χ4v) is 0.927. The molecule has 8 heavy (non-hydrogen) atoms. The van der Waals surface area contributed by atoms with Crippen LogP contribution in [0.5, 0.6) is 0 Å². The Morgan fingerprint density at radius 2 is 2.12 bits per heavy atom. The first-order chi connectivity index (χ1) is 3.68. The lowest BCUT2D eigenvalue weighted by atomic mass is 10.6. The van der Waals surface area contributed by atoms with Gasteiger partial charge in [0.15, 0.2) is 8.03 Å². The zero-order chi connectivity index (χ0) is 6.57. The molecule has 0 aromatic rings. The van der Waals surface area contributed by atoms with E-state index in [2.05, 4.69) is 0 Å². The molecule has 0 radical (unpaired) electrons. The highest BCUT2D eigenvalue weighted by molar-refractivity contribution is 7.39. The quantitative estimate of drug-likeness (QED) is 0.554. The molecule has 0 spiro atoms. The van der Waals surface area contributed by atoms with E-state index in [1.807, 2.05) is 20.8 Å². The van der Waals surface area contributed by atoms with Crippen molar-refractivity contribution in [1.29, 1.82) is 0 Å². The van der Waals surface area contributed by atoms with Crippen LogP contribution in [0.25, 0.3) is 0 Å². The monoisotopic (exact) mass is 136 g/mol. The first-order valence-corrected chi connectivity index (χ1v) is 4.24. The maximum Gasteiger partial charge on any atom is 0.194 e. The Labute approximate surface area is 51.1 Å². The first-order valence-electron chi connectivity index (χ1n) is 2.85. The van der Waals surface area contributed by atoms with Crippen molar-refractivity contribution in [2.75, 3.05) is 6.61 Å². The molecule has 0 heterocycles. The SMILES string of the molecule is CCO[PH](=O)C(C)C. The summed E-state index contributed by atoms with van der Waals surface area (Å²) in [5.41, 5.74) is 0.194.